The van der Waals surface area contributed by atoms with E-state index in [1.54, 1.807) is 0 Å². The normalized spacial score (nSPS) is 23.2. The summed E-state index contributed by atoms with van der Waals surface area (Å²) < 4.78 is 0. The van der Waals surface area contributed by atoms with E-state index in [9.17, 15) is 0 Å². The zero-order valence-electron chi connectivity index (χ0n) is 12.8. The fourth-order valence-corrected chi connectivity index (χ4v) is 3.73. The van der Waals surface area contributed by atoms with E-state index in [4.69, 9.17) is 11.6 Å². The van der Waals surface area contributed by atoms with Crippen LogP contribution in [-0.4, -0.2) is 31.6 Å². The highest BCUT2D eigenvalue weighted by Gasteiger charge is 2.32. The van der Waals surface area contributed by atoms with Crippen LogP contribution in [0, 0.1) is 5.41 Å². The van der Waals surface area contributed by atoms with Crippen LogP contribution >= 0.6 is 11.6 Å². The van der Waals surface area contributed by atoms with E-state index >= 15 is 0 Å². The van der Waals surface area contributed by atoms with E-state index in [1.807, 2.05) is 12.1 Å². The zero-order valence-corrected chi connectivity index (χ0v) is 13.5. The topological polar surface area (TPSA) is 15.3 Å². The van der Waals surface area contributed by atoms with Crippen LogP contribution in [0.4, 0.5) is 0 Å². The summed E-state index contributed by atoms with van der Waals surface area (Å²) in [6.45, 7) is 6.72. The first-order valence-electron chi connectivity index (χ1n) is 7.78. The van der Waals surface area contributed by atoms with Gasteiger partial charge in [-0.1, -0.05) is 43.1 Å². The second-order valence-electron chi connectivity index (χ2n) is 6.29. The van der Waals surface area contributed by atoms with Gasteiger partial charge in [-0.15, -0.1) is 0 Å². The first-order valence-corrected chi connectivity index (χ1v) is 8.16. The molecule has 112 valence electrons. The van der Waals surface area contributed by atoms with Crippen LogP contribution in [0.1, 0.15) is 38.2 Å². The Morgan fingerprint density at radius 3 is 2.80 bits per heavy atom. The van der Waals surface area contributed by atoms with Crippen LogP contribution in [0.2, 0.25) is 5.02 Å². The van der Waals surface area contributed by atoms with Crippen molar-refractivity contribution >= 4 is 11.6 Å². The second-order valence-corrected chi connectivity index (χ2v) is 6.70. The molecule has 0 spiro atoms. The number of benzene rings is 1. The molecule has 3 heteroatoms. The molecular weight excluding hydrogens is 268 g/mol. The molecule has 1 aromatic rings. The second kappa shape index (κ2) is 7.44. The van der Waals surface area contributed by atoms with Gasteiger partial charge in [0.15, 0.2) is 0 Å². The minimum absolute atomic E-state index is 0.447. The van der Waals surface area contributed by atoms with E-state index < -0.39 is 0 Å². The number of hydrogen-bond donors (Lipinski definition) is 1. The molecule has 1 saturated heterocycles. The SMILES string of the molecule is CCCC1(CN(C)Cc2ccccc2Cl)CCCNC1. The van der Waals surface area contributed by atoms with Crippen molar-refractivity contribution in [2.75, 3.05) is 26.7 Å². The van der Waals surface area contributed by atoms with Gasteiger partial charge in [-0.25, -0.2) is 0 Å². The van der Waals surface area contributed by atoms with Gasteiger partial charge in [0.2, 0.25) is 0 Å². The maximum atomic E-state index is 6.27. The Kier molecular flexibility index (Phi) is 5.88. The third-order valence-electron chi connectivity index (χ3n) is 4.34. The summed E-state index contributed by atoms with van der Waals surface area (Å²) in [6.07, 6.45) is 5.23. The Bertz CT molecular complexity index is 408. The van der Waals surface area contributed by atoms with Gasteiger partial charge in [0.05, 0.1) is 0 Å². The molecule has 0 saturated carbocycles. The van der Waals surface area contributed by atoms with E-state index in [-0.39, 0.29) is 0 Å². The summed E-state index contributed by atoms with van der Waals surface area (Å²) in [6, 6.07) is 8.17. The number of piperidine rings is 1. The monoisotopic (exact) mass is 294 g/mol. The van der Waals surface area contributed by atoms with Crippen molar-refractivity contribution in [2.45, 2.75) is 39.2 Å². The molecule has 1 aliphatic rings. The van der Waals surface area contributed by atoms with Crippen molar-refractivity contribution in [3.8, 4) is 0 Å². The predicted octanol–water partition coefficient (Wildman–Crippen LogP) is 3.94. The maximum absolute atomic E-state index is 6.27. The third kappa shape index (κ3) is 4.21. The first kappa shape index (κ1) is 15.8. The lowest BCUT2D eigenvalue weighted by atomic mass is 9.76. The number of nitrogens with one attached hydrogen (secondary N) is 1. The lowest BCUT2D eigenvalue weighted by Crippen LogP contribution is -2.46. The van der Waals surface area contributed by atoms with Crippen molar-refractivity contribution in [3.63, 3.8) is 0 Å². The summed E-state index contributed by atoms with van der Waals surface area (Å²) in [7, 11) is 2.22. The smallest absolute Gasteiger partial charge is 0.0451 e. The van der Waals surface area contributed by atoms with E-state index in [1.165, 1.54) is 37.8 Å². The quantitative estimate of drug-likeness (QED) is 0.855. The fourth-order valence-electron chi connectivity index (χ4n) is 3.53. The molecule has 1 aromatic carbocycles. The molecule has 1 unspecified atom stereocenters. The molecule has 2 nitrogen and oxygen atoms in total. The minimum atomic E-state index is 0.447. The molecule has 1 heterocycles. The number of rotatable bonds is 6. The van der Waals surface area contributed by atoms with Gasteiger partial charge in [0, 0.05) is 24.7 Å². The molecule has 0 aromatic heterocycles. The summed E-state index contributed by atoms with van der Waals surface area (Å²) in [5, 5.41) is 4.47. The molecule has 2 rings (SSSR count). The molecule has 0 bridgehead atoms. The number of nitrogens with zero attached hydrogens (tertiary/aromatic N) is 1. The summed E-state index contributed by atoms with van der Waals surface area (Å²) in [5.41, 5.74) is 1.68. The van der Waals surface area contributed by atoms with Gasteiger partial charge in [-0.05, 0) is 49.9 Å². The Labute approximate surface area is 128 Å². The lowest BCUT2D eigenvalue weighted by Gasteiger charge is -2.40. The molecule has 0 radical (unpaired) electrons. The lowest BCUT2D eigenvalue weighted by molar-refractivity contribution is 0.118. The van der Waals surface area contributed by atoms with Gasteiger partial charge in [-0.3, -0.25) is 0 Å². The average molecular weight is 295 g/mol. The number of hydrogen-bond acceptors (Lipinski definition) is 2. The first-order chi connectivity index (χ1) is 9.65. The molecule has 20 heavy (non-hydrogen) atoms. The van der Waals surface area contributed by atoms with Crippen LogP contribution < -0.4 is 5.32 Å². The van der Waals surface area contributed by atoms with Crippen LogP contribution in [0.25, 0.3) is 0 Å². The summed E-state index contributed by atoms with van der Waals surface area (Å²) in [5.74, 6) is 0. The standard InChI is InChI=1S/C17H27ClN2/c1-3-9-17(10-6-11-19-13-17)14-20(2)12-15-7-4-5-8-16(15)18/h4-5,7-8,19H,3,6,9-14H2,1-2H3. The Morgan fingerprint density at radius 2 is 2.15 bits per heavy atom. The van der Waals surface area contributed by atoms with Gasteiger partial charge in [0.25, 0.3) is 0 Å². The molecular formula is C17H27ClN2. The number of halogens is 1. The van der Waals surface area contributed by atoms with Crippen molar-refractivity contribution in [1.29, 1.82) is 0 Å². The van der Waals surface area contributed by atoms with Crippen molar-refractivity contribution in [1.82, 2.24) is 10.2 Å². The zero-order chi connectivity index (χ0) is 14.4. The van der Waals surface area contributed by atoms with Crippen LogP contribution in [-0.2, 0) is 6.54 Å². The molecule has 0 amide bonds. The Balaban J connectivity index is 1.98. The average Bonchev–Trinajstić information content (AvgIpc) is 2.42. The minimum Gasteiger partial charge on any atom is -0.316 e. The Morgan fingerprint density at radius 1 is 1.35 bits per heavy atom. The highest BCUT2D eigenvalue weighted by Crippen LogP contribution is 2.33. The highest BCUT2D eigenvalue weighted by atomic mass is 35.5. The molecule has 1 N–H and O–H groups in total. The Hall–Kier alpha value is -0.570. The molecule has 0 aliphatic carbocycles. The molecule has 1 aliphatic heterocycles. The summed E-state index contributed by atoms with van der Waals surface area (Å²) in [4.78, 5) is 2.43. The fraction of sp³-hybridized carbons (Fsp3) is 0.647. The molecule has 1 atom stereocenters. The van der Waals surface area contributed by atoms with Crippen LogP contribution in [0.15, 0.2) is 24.3 Å². The predicted molar refractivity (Wildman–Crippen MR) is 87.2 cm³/mol. The maximum Gasteiger partial charge on any atom is 0.0451 e. The third-order valence-corrected chi connectivity index (χ3v) is 4.71. The van der Waals surface area contributed by atoms with Gasteiger partial charge in [0.1, 0.15) is 0 Å². The molecule has 1 fully saturated rings. The van der Waals surface area contributed by atoms with Gasteiger partial charge < -0.3 is 10.2 Å². The largest absolute Gasteiger partial charge is 0.316 e. The van der Waals surface area contributed by atoms with Crippen molar-refractivity contribution < 1.29 is 0 Å². The van der Waals surface area contributed by atoms with Gasteiger partial charge in [-0.2, -0.15) is 0 Å². The van der Waals surface area contributed by atoms with Crippen LogP contribution in [0.3, 0.4) is 0 Å². The van der Waals surface area contributed by atoms with Crippen LogP contribution in [0.5, 0.6) is 0 Å². The summed E-state index contributed by atoms with van der Waals surface area (Å²) >= 11 is 6.27. The highest BCUT2D eigenvalue weighted by molar-refractivity contribution is 6.31. The van der Waals surface area contributed by atoms with E-state index in [2.05, 4.69) is 36.3 Å². The van der Waals surface area contributed by atoms with Gasteiger partial charge >= 0.3 is 0 Å². The van der Waals surface area contributed by atoms with Crippen molar-refractivity contribution in [2.24, 2.45) is 5.41 Å². The van der Waals surface area contributed by atoms with E-state index in [0.29, 0.717) is 5.41 Å². The van der Waals surface area contributed by atoms with Crippen molar-refractivity contribution in [3.05, 3.63) is 34.9 Å². The van der Waals surface area contributed by atoms with E-state index in [0.717, 1.165) is 24.7 Å².